The number of carbonyl (C=O) groups is 1. The van der Waals surface area contributed by atoms with Crippen LogP contribution in [0.15, 0.2) is 41.5 Å². The molecule has 0 N–H and O–H groups in total. The molecular formula is C15H12F2N4O3. The van der Waals surface area contributed by atoms with E-state index in [2.05, 4.69) is 15.1 Å². The highest BCUT2D eigenvalue weighted by Gasteiger charge is 2.13. The van der Waals surface area contributed by atoms with Crippen LogP contribution < -0.4 is 0 Å². The van der Waals surface area contributed by atoms with Gasteiger partial charge in [-0.3, -0.25) is 4.79 Å². The lowest BCUT2D eigenvalue weighted by atomic mass is 10.2. The molecule has 0 saturated heterocycles. The van der Waals surface area contributed by atoms with E-state index in [0.717, 1.165) is 12.1 Å². The van der Waals surface area contributed by atoms with Crippen LogP contribution in [0.25, 0.3) is 11.5 Å². The van der Waals surface area contributed by atoms with Crippen molar-refractivity contribution >= 4 is 5.97 Å². The monoisotopic (exact) mass is 334 g/mol. The van der Waals surface area contributed by atoms with Gasteiger partial charge in [-0.1, -0.05) is 0 Å². The van der Waals surface area contributed by atoms with E-state index in [1.54, 1.807) is 0 Å². The first-order valence-corrected chi connectivity index (χ1v) is 6.99. The number of nitrogens with zero attached hydrogens (tertiary/aromatic N) is 4. The summed E-state index contributed by atoms with van der Waals surface area (Å²) >= 11 is 0. The second kappa shape index (κ2) is 6.99. The zero-order valence-electron chi connectivity index (χ0n) is 12.4. The van der Waals surface area contributed by atoms with E-state index >= 15 is 0 Å². The van der Waals surface area contributed by atoms with Gasteiger partial charge < -0.3 is 9.15 Å². The van der Waals surface area contributed by atoms with Gasteiger partial charge in [0.05, 0.1) is 18.7 Å². The lowest BCUT2D eigenvalue weighted by Crippen LogP contribution is -2.13. The number of benzene rings is 1. The van der Waals surface area contributed by atoms with Gasteiger partial charge >= 0.3 is 5.97 Å². The van der Waals surface area contributed by atoms with Gasteiger partial charge in [-0.15, -0.1) is 0 Å². The zero-order chi connectivity index (χ0) is 16.9. The summed E-state index contributed by atoms with van der Waals surface area (Å²) in [5.74, 6) is -2.35. The van der Waals surface area contributed by atoms with Crippen LogP contribution in [0, 0.1) is 11.6 Å². The summed E-state index contributed by atoms with van der Waals surface area (Å²) in [4.78, 5) is 19.6. The topological polar surface area (TPSA) is 83.0 Å². The number of carbonyl (C=O) groups excluding carboxylic acids is 1. The molecule has 3 rings (SSSR count). The first kappa shape index (κ1) is 15.8. The largest absolute Gasteiger partial charge is 0.463 e. The number of aromatic nitrogens is 4. The molecule has 0 unspecified atom stereocenters. The van der Waals surface area contributed by atoms with Crippen LogP contribution in [-0.4, -0.2) is 32.3 Å². The van der Waals surface area contributed by atoms with E-state index in [9.17, 15) is 13.6 Å². The molecule has 7 nitrogen and oxygen atoms in total. The van der Waals surface area contributed by atoms with Gasteiger partial charge in [0.25, 0.3) is 0 Å². The Morgan fingerprint density at radius 3 is 2.92 bits per heavy atom. The first-order chi connectivity index (χ1) is 11.6. The molecule has 1 aromatic carbocycles. The van der Waals surface area contributed by atoms with Crippen molar-refractivity contribution in [3.05, 3.63) is 54.4 Å². The molecule has 0 spiro atoms. The molecule has 0 aliphatic rings. The number of hydrogen-bond acceptors (Lipinski definition) is 6. The molecule has 2 heterocycles. The van der Waals surface area contributed by atoms with Gasteiger partial charge in [0.15, 0.2) is 11.6 Å². The molecule has 24 heavy (non-hydrogen) atoms. The van der Waals surface area contributed by atoms with Crippen molar-refractivity contribution in [3.63, 3.8) is 0 Å². The summed E-state index contributed by atoms with van der Waals surface area (Å²) in [6, 6.07) is 3.29. The Hall–Kier alpha value is -3.10. The second-order valence-electron chi connectivity index (χ2n) is 4.83. The fourth-order valence-electron chi connectivity index (χ4n) is 1.95. The Morgan fingerprint density at radius 1 is 1.29 bits per heavy atom. The summed E-state index contributed by atoms with van der Waals surface area (Å²) in [7, 11) is 0. The summed E-state index contributed by atoms with van der Waals surface area (Å²) in [6.45, 7) is 0.542. The average Bonchev–Trinajstić information content (AvgIpc) is 3.22. The fraction of sp³-hybridized carbons (Fsp3) is 0.200. The Kier molecular flexibility index (Phi) is 4.59. The van der Waals surface area contributed by atoms with Crippen LogP contribution in [0.4, 0.5) is 8.78 Å². The minimum Gasteiger partial charge on any atom is -0.463 e. The van der Waals surface area contributed by atoms with Gasteiger partial charge in [0.1, 0.15) is 25.5 Å². The van der Waals surface area contributed by atoms with Crippen molar-refractivity contribution in [2.75, 3.05) is 6.61 Å². The molecule has 0 bridgehead atoms. The van der Waals surface area contributed by atoms with Crippen molar-refractivity contribution in [3.8, 4) is 11.5 Å². The number of halogens is 2. The molecule has 0 radical (unpaired) electrons. The van der Waals surface area contributed by atoms with Crippen LogP contribution in [-0.2, 0) is 22.5 Å². The van der Waals surface area contributed by atoms with Crippen LogP contribution in [0.3, 0.4) is 0 Å². The van der Waals surface area contributed by atoms with E-state index in [-0.39, 0.29) is 24.5 Å². The third-order valence-electron chi connectivity index (χ3n) is 3.09. The average molecular weight is 334 g/mol. The Morgan fingerprint density at radius 2 is 2.17 bits per heavy atom. The molecule has 3 aromatic rings. The number of oxazole rings is 1. The highest BCUT2D eigenvalue weighted by atomic mass is 19.2. The minimum atomic E-state index is -1.00. The van der Waals surface area contributed by atoms with Crippen molar-refractivity contribution in [1.29, 1.82) is 0 Å². The molecule has 0 aliphatic heterocycles. The second-order valence-corrected chi connectivity index (χ2v) is 4.83. The van der Waals surface area contributed by atoms with Crippen LogP contribution in [0.2, 0.25) is 0 Å². The van der Waals surface area contributed by atoms with Crippen molar-refractivity contribution < 1.29 is 22.7 Å². The SMILES string of the molecule is O=C(Cc1coc(-c2ccc(F)c(F)c2)n1)OCCn1cncn1. The van der Waals surface area contributed by atoms with E-state index in [0.29, 0.717) is 12.2 Å². The molecule has 0 fully saturated rings. The molecular weight excluding hydrogens is 322 g/mol. The lowest BCUT2D eigenvalue weighted by Gasteiger charge is -2.03. The van der Waals surface area contributed by atoms with E-state index in [4.69, 9.17) is 9.15 Å². The van der Waals surface area contributed by atoms with Crippen LogP contribution in [0.1, 0.15) is 5.69 Å². The van der Waals surface area contributed by atoms with Crippen molar-refractivity contribution in [2.24, 2.45) is 0 Å². The third kappa shape index (κ3) is 3.80. The van der Waals surface area contributed by atoms with Gasteiger partial charge in [0, 0.05) is 5.56 Å². The summed E-state index contributed by atoms with van der Waals surface area (Å²) in [5.41, 5.74) is 0.611. The summed E-state index contributed by atoms with van der Waals surface area (Å²) < 4.78 is 37.9. The smallest absolute Gasteiger partial charge is 0.312 e. The normalized spacial score (nSPS) is 10.8. The highest BCUT2D eigenvalue weighted by Crippen LogP contribution is 2.21. The minimum absolute atomic E-state index is 0.0927. The maximum Gasteiger partial charge on any atom is 0.312 e. The summed E-state index contributed by atoms with van der Waals surface area (Å²) in [5, 5.41) is 3.88. The number of hydrogen-bond donors (Lipinski definition) is 0. The van der Waals surface area contributed by atoms with E-state index < -0.39 is 17.6 Å². The third-order valence-corrected chi connectivity index (χ3v) is 3.09. The zero-order valence-corrected chi connectivity index (χ0v) is 12.4. The molecule has 124 valence electrons. The maximum absolute atomic E-state index is 13.2. The highest BCUT2D eigenvalue weighted by molar-refractivity contribution is 5.72. The number of rotatable bonds is 6. The number of esters is 1. The van der Waals surface area contributed by atoms with Gasteiger partial charge in [-0.2, -0.15) is 5.10 Å². The molecule has 2 aromatic heterocycles. The Bertz CT molecular complexity index is 833. The molecule has 0 atom stereocenters. The number of ether oxygens (including phenoxy) is 1. The van der Waals surface area contributed by atoms with Crippen LogP contribution in [0.5, 0.6) is 0 Å². The summed E-state index contributed by atoms with van der Waals surface area (Å²) in [6.07, 6.45) is 4.08. The molecule has 0 aliphatic carbocycles. The van der Waals surface area contributed by atoms with Gasteiger partial charge in [-0.05, 0) is 18.2 Å². The molecule has 9 heteroatoms. The van der Waals surface area contributed by atoms with Gasteiger partial charge in [0.2, 0.25) is 5.89 Å². The predicted octanol–water partition coefficient (Wildman–Crippen LogP) is 2.00. The Labute approximate surface area is 134 Å². The van der Waals surface area contributed by atoms with Gasteiger partial charge in [-0.25, -0.2) is 23.4 Å². The fourth-order valence-corrected chi connectivity index (χ4v) is 1.95. The quantitative estimate of drug-likeness (QED) is 0.641. The van der Waals surface area contributed by atoms with Crippen molar-refractivity contribution in [1.82, 2.24) is 19.7 Å². The molecule has 0 saturated carbocycles. The van der Waals surface area contributed by atoms with Crippen molar-refractivity contribution in [2.45, 2.75) is 13.0 Å². The standard InChI is InChI=1S/C15H12F2N4O3/c16-12-2-1-10(5-13(12)17)15-20-11(7-24-15)6-14(22)23-4-3-21-9-18-8-19-21/h1-2,5,7-9H,3-4,6H2. The van der Waals surface area contributed by atoms with E-state index in [1.165, 1.54) is 29.7 Å². The van der Waals surface area contributed by atoms with Crippen LogP contribution >= 0.6 is 0 Å². The predicted molar refractivity (Wildman–Crippen MR) is 76.5 cm³/mol. The maximum atomic E-state index is 13.2. The molecule has 0 amide bonds. The Balaban J connectivity index is 1.55. The first-order valence-electron chi connectivity index (χ1n) is 6.99. The van der Waals surface area contributed by atoms with E-state index in [1.807, 2.05) is 0 Å². The lowest BCUT2D eigenvalue weighted by molar-refractivity contribution is -0.143.